The molecule has 1 aliphatic heterocycles. The molecule has 0 spiro atoms. The molecule has 1 aromatic carbocycles. The average molecular weight is 269 g/mol. The number of rotatable bonds is 2. The molecule has 0 saturated carbocycles. The first-order valence-electron chi connectivity index (χ1n) is 5.83. The summed E-state index contributed by atoms with van der Waals surface area (Å²) < 4.78 is 28.6. The van der Waals surface area contributed by atoms with E-state index in [1.54, 1.807) is 4.57 Å². The molecule has 96 valence electrons. The topological polar surface area (TPSA) is 43.8 Å². The number of nitrogens with zero attached hydrogens (tertiary/aromatic N) is 2. The van der Waals surface area contributed by atoms with Crippen molar-refractivity contribution >= 4 is 28.7 Å². The van der Waals surface area contributed by atoms with Gasteiger partial charge in [-0.3, -0.25) is 0 Å². The van der Waals surface area contributed by atoms with Crippen LogP contribution in [-0.4, -0.2) is 21.1 Å². The smallest absolute Gasteiger partial charge is 0.201 e. The highest BCUT2D eigenvalue weighted by Gasteiger charge is 2.20. The lowest BCUT2D eigenvalue weighted by atomic mass is 10.1. The number of nitrogens with two attached hydrogens (primary N) is 1. The molecule has 1 aromatic heterocycles. The van der Waals surface area contributed by atoms with Crippen molar-refractivity contribution < 1.29 is 8.78 Å². The Balaban J connectivity index is 2.06. The van der Waals surface area contributed by atoms with Crippen molar-refractivity contribution in [3.63, 3.8) is 0 Å². The lowest BCUT2D eigenvalue weighted by molar-refractivity contribution is 0.504. The van der Waals surface area contributed by atoms with Crippen molar-refractivity contribution in [1.82, 2.24) is 9.55 Å². The van der Waals surface area contributed by atoms with Gasteiger partial charge in [0.1, 0.15) is 11.3 Å². The van der Waals surface area contributed by atoms with Crippen LogP contribution in [-0.2, 0) is 6.54 Å². The van der Waals surface area contributed by atoms with Gasteiger partial charge in [-0.2, -0.15) is 11.8 Å². The predicted molar refractivity (Wildman–Crippen MR) is 69.5 cm³/mol. The zero-order valence-electron chi connectivity index (χ0n) is 9.70. The molecule has 2 heterocycles. The minimum Gasteiger partial charge on any atom is -0.369 e. The van der Waals surface area contributed by atoms with Gasteiger partial charge in [-0.15, -0.1) is 0 Å². The number of fused-ring (bicyclic) bond motifs is 1. The van der Waals surface area contributed by atoms with Crippen molar-refractivity contribution in [1.29, 1.82) is 0 Å². The molecule has 3 rings (SSSR count). The van der Waals surface area contributed by atoms with Gasteiger partial charge in [-0.1, -0.05) is 0 Å². The first kappa shape index (κ1) is 11.8. The van der Waals surface area contributed by atoms with Crippen LogP contribution in [0.1, 0.15) is 6.42 Å². The van der Waals surface area contributed by atoms with Gasteiger partial charge in [0, 0.05) is 18.7 Å². The predicted octanol–water partition coefficient (Wildman–Crippen LogP) is 2.65. The number of aromatic nitrogens is 2. The molecular formula is C12H13F2N3S. The summed E-state index contributed by atoms with van der Waals surface area (Å²) in [7, 11) is 0. The van der Waals surface area contributed by atoms with Gasteiger partial charge in [0.05, 0.1) is 5.52 Å². The number of imidazole rings is 1. The summed E-state index contributed by atoms with van der Waals surface area (Å²) in [6, 6.07) is 2.13. The second kappa shape index (κ2) is 4.42. The third-order valence-electron chi connectivity index (χ3n) is 3.27. The van der Waals surface area contributed by atoms with E-state index in [0.717, 1.165) is 24.0 Å². The minimum absolute atomic E-state index is 0.152. The van der Waals surface area contributed by atoms with E-state index in [2.05, 4.69) is 4.98 Å². The second-order valence-corrected chi connectivity index (χ2v) is 5.72. The Labute approximate surface area is 107 Å². The van der Waals surface area contributed by atoms with Crippen LogP contribution in [0.4, 0.5) is 14.7 Å². The highest BCUT2D eigenvalue weighted by molar-refractivity contribution is 7.99. The van der Waals surface area contributed by atoms with Crippen molar-refractivity contribution in [3.05, 3.63) is 23.8 Å². The van der Waals surface area contributed by atoms with Crippen LogP contribution in [0.25, 0.3) is 11.0 Å². The van der Waals surface area contributed by atoms with E-state index in [0.29, 0.717) is 18.0 Å². The fourth-order valence-corrected chi connectivity index (χ4v) is 3.62. The Morgan fingerprint density at radius 2 is 2.28 bits per heavy atom. The molecule has 3 nitrogen and oxygen atoms in total. The molecule has 1 atom stereocenters. The first-order valence-corrected chi connectivity index (χ1v) is 6.99. The molecule has 2 aromatic rings. The van der Waals surface area contributed by atoms with E-state index in [1.165, 1.54) is 6.07 Å². The number of hydrogen-bond donors (Lipinski definition) is 1. The molecule has 0 amide bonds. The molecular weight excluding hydrogens is 256 g/mol. The van der Waals surface area contributed by atoms with Crippen molar-refractivity contribution in [2.45, 2.75) is 13.0 Å². The zero-order valence-corrected chi connectivity index (χ0v) is 10.5. The number of benzene rings is 1. The summed E-state index contributed by atoms with van der Waals surface area (Å²) >= 11 is 1.90. The van der Waals surface area contributed by atoms with E-state index < -0.39 is 11.6 Å². The Morgan fingerprint density at radius 3 is 3.00 bits per heavy atom. The van der Waals surface area contributed by atoms with Crippen molar-refractivity contribution in [3.8, 4) is 0 Å². The van der Waals surface area contributed by atoms with Crippen LogP contribution >= 0.6 is 11.8 Å². The molecule has 1 fully saturated rings. The van der Waals surface area contributed by atoms with Crippen LogP contribution < -0.4 is 5.73 Å². The maximum atomic E-state index is 13.6. The van der Waals surface area contributed by atoms with E-state index in [-0.39, 0.29) is 11.5 Å². The fourth-order valence-electron chi connectivity index (χ4n) is 2.34. The van der Waals surface area contributed by atoms with E-state index in [1.807, 2.05) is 11.8 Å². The van der Waals surface area contributed by atoms with Crippen LogP contribution in [0.2, 0.25) is 0 Å². The summed E-state index contributed by atoms with van der Waals surface area (Å²) in [6.07, 6.45) is 1.11. The fraction of sp³-hybridized carbons (Fsp3) is 0.417. The molecule has 0 aliphatic carbocycles. The van der Waals surface area contributed by atoms with Crippen LogP contribution in [0.15, 0.2) is 12.1 Å². The molecule has 6 heteroatoms. The molecule has 2 N–H and O–H groups in total. The molecule has 18 heavy (non-hydrogen) atoms. The summed E-state index contributed by atoms with van der Waals surface area (Å²) in [5, 5.41) is 0. The summed E-state index contributed by atoms with van der Waals surface area (Å²) in [4.78, 5) is 3.99. The highest BCUT2D eigenvalue weighted by Crippen LogP contribution is 2.28. The highest BCUT2D eigenvalue weighted by atomic mass is 32.2. The van der Waals surface area contributed by atoms with E-state index in [4.69, 9.17) is 5.73 Å². The maximum absolute atomic E-state index is 13.6. The van der Waals surface area contributed by atoms with E-state index >= 15 is 0 Å². The van der Waals surface area contributed by atoms with Gasteiger partial charge in [-0.05, 0) is 23.8 Å². The van der Waals surface area contributed by atoms with Gasteiger partial charge in [-0.25, -0.2) is 13.8 Å². The number of hydrogen-bond acceptors (Lipinski definition) is 3. The van der Waals surface area contributed by atoms with Gasteiger partial charge in [0.2, 0.25) is 5.95 Å². The van der Waals surface area contributed by atoms with Gasteiger partial charge in [0.25, 0.3) is 0 Å². The normalized spacial score (nSPS) is 19.8. The molecule has 0 radical (unpaired) electrons. The van der Waals surface area contributed by atoms with Gasteiger partial charge < -0.3 is 10.3 Å². The lowest BCUT2D eigenvalue weighted by Gasteiger charge is -2.11. The minimum atomic E-state index is -0.656. The van der Waals surface area contributed by atoms with Crippen LogP contribution in [0.5, 0.6) is 0 Å². The number of halogens is 2. The Kier molecular flexibility index (Phi) is 2.89. The summed E-state index contributed by atoms with van der Waals surface area (Å²) in [6.45, 7) is 0.679. The molecule has 1 aliphatic rings. The third kappa shape index (κ3) is 1.94. The monoisotopic (exact) mass is 269 g/mol. The van der Waals surface area contributed by atoms with Crippen LogP contribution in [0.3, 0.4) is 0 Å². The summed E-state index contributed by atoms with van der Waals surface area (Å²) in [5.74, 6) is 1.71. The third-order valence-corrected chi connectivity index (χ3v) is 4.50. The van der Waals surface area contributed by atoms with Crippen molar-refractivity contribution in [2.75, 3.05) is 17.2 Å². The number of thioether (sulfide) groups is 1. The summed E-state index contributed by atoms with van der Waals surface area (Å²) in [5.41, 5.74) is 6.40. The average Bonchev–Trinajstić information content (AvgIpc) is 2.91. The van der Waals surface area contributed by atoms with Gasteiger partial charge in [0.15, 0.2) is 5.82 Å². The second-order valence-electron chi connectivity index (χ2n) is 4.57. The van der Waals surface area contributed by atoms with E-state index in [9.17, 15) is 8.78 Å². The maximum Gasteiger partial charge on any atom is 0.201 e. The number of anilines is 1. The zero-order chi connectivity index (χ0) is 12.7. The first-order chi connectivity index (χ1) is 8.65. The Hall–Kier alpha value is -1.30. The van der Waals surface area contributed by atoms with Crippen LogP contribution in [0, 0.1) is 17.6 Å². The Bertz CT molecular complexity index is 591. The SMILES string of the molecule is Nc1nc2c(F)cc(F)cc2n1CC1CCSC1. The van der Waals surface area contributed by atoms with Crippen molar-refractivity contribution in [2.24, 2.45) is 5.92 Å². The molecule has 0 bridgehead atoms. The molecule has 1 unspecified atom stereocenters. The quantitative estimate of drug-likeness (QED) is 0.911. The standard InChI is InChI=1S/C12H13F2N3S/c13-8-3-9(14)11-10(4-8)17(12(15)16-11)5-7-1-2-18-6-7/h3-4,7H,1-2,5-6H2,(H2,15,16). The molecule has 1 saturated heterocycles. The Morgan fingerprint density at radius 1 is 1.44 bits per heavy atom. The largest absolute Gasteiger partial charge is 0.369 e. The van der Waals surface area contributed by atoms with Gasteiger partial charge >= 0.3 is 0 Å². The lowest BCUT2D eigenvalue weighted by Crippen LogP contribution is -2.12. The number of nitrogen functional groups attached to an aromatic ring is 1.